The average Bonchev–Trinajstić information content (AvgIpc) is 2.71. The molecule has 0 aromatic carbocycles. The van der Waals surface area contributed by atoms with Gasteiger partial charge in [0.15, 0.2) is 0 Å². The van der Waals surface area contributed by atoms with Gasteiger partial charge in [-0.1, -0.05) is 0 Å². The molecule has 1 aromatic heterocycles. The second-order valence-corrected chi connectivity index (χ2v) is 3.68. The minimum Gasteiger partial charge on any atom is -0.339 e. The van der Waals surface area contributed by atoms with Gasteiger partial charge in [0.25, 0.3) is 5.53 Å². The normalized spacial score (nSPS) is 12.1. The predicted molar refractivity (Wildman–Crippen MR) is 54.7 cm³/mol. The van der Waals surface area contributed by atoms with Crippen LogP contribution in [0, 0.1) is 6.20 Å². The first kappa shape index (κ1) is 12.3. The van der Waals surface area contributed by atoms with Crippen molar-refractivity contribution in [2.75, 3.05) is 13.2 Å². The highest BCUT2D eigenvalue weighted by Crippen LogP contribution is 2.28. The molecule has 1 aromatic rings. The van der Waals surface area contributed by atoms with E-state index in [9.17, 15) is 4.57 Å². The molecule has 0 unspecified atom stereocenters. The van der Waals surface area contributed by atoms with E-state index in [1.807, 2.05) is 13.8 Å². The summed E-state index contributed by atoms with van der Waals surface area (Å²) in [6.07, 6.45) is 4.38. The Kier molecular flexibility index (Phi) is 4.88. The first-order valence-corrected chi connectivity index (χ1v) is 5.59. The Morgan fingerprint density at radius 2 is 2.13 bits per heavy atom. The Balaban J connectivity index is 2.74. The minimum absolute atomic E-state index is 0.201. The summed E-state index contributed by atoms with van der Waals surface area (Å²) < 4.78 is 23.5. The molecule has 0 aliphatic carbocycles. The zero-order valence-corrected chi connectivity index (χ0v) is 9.74. The average molecular weight is 229 g/mol. The lowest BCUT2D eigenvalue weighted by atomic mass is 10.5. The maximum atomic E-state index is 11.1. The molecule has 1 heterocycles. The van der Waals surface area contributed by atoms with Crippen LogP contribution in [0.15, 0.2) is 12.3 Å². The van der Waals surface area contributed by atoms with Gasteiger partial charge in [-0.2, -0.15) is 5.10 Å². The quantitative estimate of drug-likeness (QED) is 0.527. The van der Waals surface area contributed by atoms with Crippen LogP contribution in [-0.4, -0.2) is 28.5 Å². The van der Waals surface area contributed by atoms with Crippen molar-refractivity contribution in [1.82, 2.24) is 9.78 Å². The molecule has 0 aliphatic heterocycles. The lowest BCUT2D eigenvalue weighted by molar-refractivity contribution is -0.178. The van der Waals surface area contributed by atoms with Gasteiger partial charge in [-0.25, -0.2) is 0 Å². The van der Waals surface area contributed by atoms with Gasteiger partial charge < -0.3 is 9.47 Å². The van der Waals surface area contributed by atoms with Crippen molar-refractivity contribution in [3.8, 4) is 0 Å². The summed E-state index contributed by atoms with van der Waals surface area (Å²) in [6, 6.07) is 1.67. The fourth-order valence-corrected chi connectivity index (χ4v) is 1.78. The molecule has 6 heteroatoms. The van der Waals surface area contributed by atoms with Gasteiger partial charge in [0, 0.05) is 19.4 Å². The topological polar surface area (TPSA) is 53.4 Å². The van der Waals surface area contributed by atoms with E-state index in [-0.39, 0.29) is 15.0 Å². The molecular weight excluding hydrogens is 215 g/mol. The third-order valence-corrected chi connectivity index (χ3v) is 2.43. The zero-order valence-electron chi connectivity index (χ0n) is 8.84. The lowest BCUT2D eigenvalue weighted by Gasteiger charge is -2.25. The lowest BCUT2D eigenvalue weighted by Crippen LogP contribution is -2.35. The molecule has 0 bridgehead atoms. The second kappa shape index (κ2) is 5.95. The molecule has 0 spiro atoms. The van der Waals surface area contributed by atoms with E-state index < -0.39 is 5.53 Å². The van der Waals surface area contributed by atoms with E-state index in [1.165, 1.54) is 0 Å². The van der Waals surface area contributed by atoms with Crippen LogP contribution in [0.2, 0.25) is 0 Å². The highest BCUT2D eigenvalue weighted by molar-refractivity contribution is 7.25. The van der Waals surface area contributed by atoms with Gasteiger partial charge >= 0.3 is 0 Å². The van der Waals surface area contributed by atoms with E-state index in [4.69, 9.17) is 9.47 Å². The van der Waals surface area contributed by atoms with E-state index in [0.717, 1.165) is 0 Å². The first-order chi connectivity index (χ1) is 7.26. The number of ether oxygens (including phenoxy) is 2. The van der Waals surface area contributed by atoms with Crippen LogP contribution in [-0.2, 0) is 20.6 Å². The van der Waals surface area contributed by atoms with Gasteiger partial charge in [-0.15, -0.1) is 0 Å². The number of hydrogen-bond acceptors (Lipinski definition) is 4. The summed E-state index contributed by atoms with van der Waals surface area (Å²) in [5.74, 6) is 0. The SMILES string of the molecule is CCOC(Cn1cc[c]n1)(OCC)P=O. The summed E-state index contributed by atoms with van der Waals surface area (Å²) in [5, 5.41) is 3.90. The first-order valence-electron chi connectivity index (χ1n) is 4.78. The Hall–Kier alpha value is -0.770. The molecule has 0 aliphatic rings. The monoisotopic (exact) mass is 229 g/mol. The van der Waals surface area contributed by atoms with Gasteiger partial charge in [-0.3, -0.25) is 9.25 Å². The van der Waals surface area contributed by atoms with Crippen molar-refractivity contribution >= 4 is 8.46 Å². The number of nitrogens with zero attached hydrogens (tertiary/aromatic N) is 2. The van der Waals surface area contributed by atoms with Crippen LogP contribution in [0.3, 0.4) is 0 Å². The standard InChI is InChI=1S/C9H14N2O3P/c1-3-13-9(15-12,14-4-2)8-11-7-5-6-10-11/h5,7H,3-4,8H2,1-2H3. The molecule has 15 heavy (non-hydrogen) atoms. The van der Waals surface area contributed by atoms with E-state index in [0.29, 0.717) is 13.2 Å². The fourth-order valence-electron chi connectivity index (χ4n) is 1.22. The van der Waals surface area contributed by atoms with Crippen LogP contribution in [0.1, 0.15) is 13.8 Å². The minimum atomic E-state index is -1.14. The Labute approximate surface area is 90.6 Å². The summed E-state index contributed by atoms with van der Waals surface area (Å²) in [5.41, 5.74) is -1.14. The molecular formula is C9H14N2O3P. The van der Waals surface area contributed by atoms with Gasteiger partial charge in [0.2, 0.25) is 8.46 Å². The Morgan fingerprint density at radius 1 is 1.47 bits per heavy atom. The fraction of sp³-hybridized carbons (Fsp3) is 0.667. The molecule has 1 radical (unpaired) electrons. The summed E-state index contributed by atoms with van der Waals surface area (Å²) >= 11 is 0. The number of aromatic nitrogens is 2. The van der Waals surface area contributed by atoms with Crippen molar-refractivity contribution in [3.05, 3.63) is 18.5 Å². The van der Waals surface area contributed by atoms with Crippen LogP contribution in [0.25, 0.3) is 0 Å². The molecule has 83 valence electrons. The third kappa shape index (κ3) is 3.38. The maximum absolute atomic E-state index is 11.1. The Morgan fingerprint density at radius 3 is 2.53 bits per heavy atom. The van der Waals surface area contributed by atoms with Crippen LogP contribution < -0.4 is 0 Å². The zero-order chi connectivity index (χ0) is 11.1. The van der Waals surface area contributed by atoms with Crippen LogP contribution in [0.4, 0.5) is 0 Å². The molecule has 0 fully saturated rings. The van der Waals surface area contributed by atoms with E-state index in [2.05, 4.69) is 11.3 Å². The van der Waals surface area contributed by atoms with Gasteiger partial charge in [0.1, 0.15) is 12.7 Å². The summed E-state index contributed by atoms with van der Waals surface area (Å²) in [6.45, 7) is 4.80. The summed E-state index contributed by atoms with van der Waals surface area (Å²) in [7, 11) is -0.201. The third-order valence-electron chi connectivity index (χ3n) is 1.75. The van der Waals surface area contributed by atoms with Crippen molar-refractivity contribution in [2.45, 2.75) is 25.9 Å². The van der Waals surface area contributed by atoms with Crippen molar-refractivity contribution < 1.29 is 14.0 Å². The van der Waals surface area contributed by atoms with Crippen molar-refractivity contribution in [2.24, 2.45) is 0 Å². The highest BCUT2D eigenvalue weighted by Gasteiger charge is 2.33. The Bertz CT molecular complexity index is 284. The van der Waals surface area contributed by atoms with Crippen LogP contribution in [0.5, 0.6) is 0 Å². The van der Waals surface area contributed by atoms with Gasteiger partial charge in [0.05, 0.1) is 0 Å². The maximum Gasteiger partial charge on any atom is 0.271 e. The van der Waals surface area contributed by atoms with Gasteiger partial charge in [-0.05, 0) is 19.9 Å². The molecule has 1 rings (SSSR count). The van der Waals surface area contributed by atoms with E-state index in [1.54, 1.807) is 16.9 Å². The highest BCUT2D eigenvalue weighted by atomic mass is 31.1. The van der Waals surface area contributed by atoms with Crippen molar-refractivity contribution in [1.29, 1.82) is 0 Å². The molecule has 0 saturated carbocycles. The number of rotatable bonds is 7. The molecule has 0 N–H and O–H groups in total. The number of hydrogen-bond donors (Lipinski definition) is 0. The smallest absolute Gasteiger partial charge is 0.271 e. The van der Waals surface area contributed by atoms with Crippen LogP contribution >= 0.6 is 8.46 Å². The molecule has 5 nitrogen and oxygen atoms in total. The molecule has 0 saturated heterocycles. The predicted octanol–water partition coefficient (Wildman–Crippen LogP) is 1.70. The largest absolute Gasteiger partial charge is 0.339 e. The molecule has 0 atom stereocenters. The van der Waals surface area contributed by atoms with Crippen molar-refractivity contribution in [3.63, 3.8) is 0 Å². The summed E-state index contributed by atoms with van der Waals surface area (Å²) in [4.78, 5) is 0. The molecule has 0 amide bonds. The second-order valence-electron chi connectivity index (χ2n) is 2.81. The van der Waals surface area contributed by atoms with E-state index >= 15 is 0 Å².